The lowest BCUT2D eigenvalue weighted by Crippen LogP contribution is -2.30. The van der Waals surface area contributed by atoms with Crippen LogP contribution < -0.4 is 0 Å². The SMILES string of the molecule is CCN(CC)S(=O)(=O)c1ccc(Sc2ncn(-c3ccccc3)n2)c([N+](=O)[O-])c1. The van der Waals surface area contributed by atoms with Gasteiger partial charge >= 0.3 is 0 Å². The monoisotopic (exact) mass is 433 g/mol. The zero-order valence-corrected chi connectivity index (χ0v) is 17.4. The number of nitrogens with zero attached hydrogens (tertiary/aromatic N) is 5. The van der Waals surface area contributed by atoms with Crippen LogP contribution in [0.5, 0.6) is 0 Å². The molecule has 29 heavy (non-hydrogen) atoms. The molecule has 0 aliphatic heterocycles. The molecule has 0 N–H and O–H groups in total. The fourth-order valence-electron chi connectivity index (χ4n) is 2.70. The van der Waals surface area contributed by atoms with Gasteiger partial charge < -0.3 is 0 Å². The van der Waals surface area contributed by atoms with Gasteiger partial charge in [-0.05, 0) is 36.0 Å². The third kappa shape index (κ3) is 4.47. The van der Waals surface area contributed by atoms with Gasteiger partial charge in [-0.1, -0.05) is 32.0 Å². The van der Waals surface area contributed by atoms with Crippen LogP contribution in [0.2, 0.25) is 0 Å². The highest BCUT2D eigenvalue weighted by Crippen LogP contribution is 2.35. The Morgan fingerprint density at radius 2 is 1.83 bits per heavy atom. The van der Waals surface area contributed by atoms with Crippen LogP contribution in [0, 0.1) is 10.1 Å². The van der Waals surface area contributed by atoms with Crippen molar-refractivity contribution in [1.82, 2.24) is 19.1 Å². The second-order valence-electron chi connectivity index (χ2n) is 5.89. The summed E-state index contributed by atoms with van der Waals surface area (Å²) in [6.07, 6.45) is 1.52. The third-order valence-corrected chi connectivity index (χ3v) is 7.14. The van der Waals surface area contributed by atoms with E-state index in [0.29, 0.717) is 5.16 Å². The summed E-state index contributed by atoms with van der Waals surface area (Å²) in [5.41, 5.74) is 0.501. The summed E-state index contributed by atoms with van der Waals surface area (Å²) < 4.78 is 28.2. The smallest absolute Gasteiger partial charge is 0.258 e. The molecular formula is C18H19N5O4S2. The van der Waals surface area contributed by atoms with Gasteiger partial charge in [0.2, 0.25) is 15.2 Å². The van der Waals surface area contributed by atoms with E-state index in [1.165, 1.54) is 22.8 Å². The summed E-state index contributed by atoms with van der Waals surface area (Å²) in [7, 11) is -3.79. The van der Waals surface area contributed by atoms with Gasteiger partial charge in [-0.25, -0.2) is 18.1 Å². The van der Waals surface area contributed by atoms with Crippen LogP contribution in [0.3, 0.4) is 0 Å². The minimum Gasteiger partial charge on any atom is -0.258 e. The van der Waals surface area contributed by atoms with Gasteiger partial charge in [0, 0.05) is 19.2 Å². The van der Waals surface area contributed by atoms with Crippen LogP contribution in [-0.4, -0.2) is 45.5 Å². The maximum absolute atomic E-state index is 12.7. The summed E-state index contributed by atoms with van der Waals surface area (Å²) in [4.78, 5) is 15.3. The van der Waals surface area contributed by atoms with Crippen molar-refractivity contribution in [3.8, 4) is 5.69 Å². The predicted molar refractivity (Wildman–Crippen MR) is 109 cm³/mol. The summed E-state index contributed by atoms with van der Waals surface area (Å²) in [6, 6.07) is 13.2. The van der Waals surface area contributed by atoms with Crippen LogP contribution in [0.4, 0.5) is 5.69 Å². The Morgan fingerprint density at radius 1 is 1.14 bits per heavy atom. The van der Waals surface area contributed by atoms with E-state index >= 15 is 0 Å². The van der Waals surface area contributed by atoms with Crippen molar-refractivity contribution in [2.45, 2.75) is 28.8 Å². The summed E-state index contributed by atoms with van der Waals surface area (Å²) in [6.45, 7) is 4.00. The normalized spacial score (nSPS) is 11.7. The number of rotatable bonds is 8. The number of benzene rings is 2. The summed E-state index contributed by atoms with van der Waals surface area (Å²) in [5, 5.41) is 16.2. The van der Waals surface area contributed by atoms with E-state index in [-0.39, 0.29) is 28.6 Å². The highest BCUT2D eigenvalue weighted by atomic mass is 32.2. The molecule has 0 aliphatic carbocycles. The van der Waals surface area contributed by atoms with E-state index in [1.54, 1.807) is 18.5 Å². The maximum atomic E-state index is 12.7. The first-order chi connectivity index (χ1) is 13.9. The first-order valence-electron chi connectivity index (χ1n) is 8.80. The minimum atomic E-state index is -3.79. The van der Waals surface area contributed by atoms with Crippen molar-refractivity contribution >= 4 is 27.5 Å². The number of hydrogen-bond donors (Lipinski definition) is 0. The quantitative estimate of drug-likeness (QED) is 0.395. The molecule has 1 heterocycles. The van der Waals surface area contributed by atoms with E-state index in [2.05, 4.69) is 10.1 Å². The molecule has 0 saturated heterocycles. The van der Waals surface area contributed by atoms with Crippen LogP contribution in [0.25, 0.3) is 5.69 Å². The Bertz CT molecular complexity index is 1110. The molecule has 0 atom stereocenters. The highest BCUT2D eigenvalue weighted by molar-refractivity contribution is 7.99. The molecule has 0 bridgehead atoms. The molecule has 0 saturated carbocycles. The van der Waals surface area contributed by atoms with Gasteiger partial charge in [0.05, 0.1) is 20.4 Å². The van der Waals surface area contributed by atoms with E-state index < -0.39 is 14.9 Å². The Balaban J connectivity index is 1.93. The zero-order chi connectivity index (χ0) is 21.0. The van der Waals surface area contributed by atoms with E-state index in [9.17, 15) is 18.5 Å². The van der Waals surface area contributed by atoms with E-state index in [1.807, 2.05) is 30.3 Å². The molecule has 3 aromatic rings. The molecule has 0 fully saturated rings. The van der Waals surface area contributed by atoms with Gasteiger partial charge in [0.1, 0.15) is 6.33 Å². The van der Waals surface area contributed by atoms with Crippen molar-refractivity contribution in [1.29, 1.82) is 0 Å². The molecule has 0 spiro atoms. The minimum absolute atomic E-state index is 0.111. The van der Waals surface area contributed by atoms with Crippen LogP contribution in [0.1, 0.15) is 13.8 Å². The van der Waals surface area contributed by atoms with Crippen LogP contribution >= 0.6 is 11.8 Å². The van der Waals surface area contributed by atoms with Crippen molar-refractivity contribution < 1.29 is 13.3 Å². The van der Waals surface area contributed by atoms with Crippen molar-refractivity contribution in [2.24, 2.45) is 0 Å². The predicted octanol–water partition coefficient (Wildman–Crippen LogP) is 3.36. The second kappa shape index (κ2) is 8.72. The van der Waals surface area contributed by atoms with Crippen LogP contribution in [0.15, 0.2) is 69.8 Å². The first kappa shape index (κ1) is 21.0. The Hall–Kier alpha value is -2.76. The van der Waals surface area contributed by atoms with E-state index in [4.69, 9.17) is 0 Å². The Kier molecular flexibility index (Phi) is 6.30. The van der Waals surface area contributed by atoms with Crippen molar-refractivity contribution in [2.75, 3.05) is 13.1 Å². The molecular weight excluding hydrogens is 414 g/mol. The lowest BCUT2D eigenvalue weighted by atomic mass is 10.3. The fraction of sp³-hybridized carbons (Fsp3) is 0.222. The van der Waals surface area contributed by atoms with Crippen molar-refractivity contribution in [3.63, 3.8) is 0 Å². The Morgan fingerprint density at radius 3 is 2.45 bits per heavy atom. The molecule has 9 nitrogen and oxygen atoms in total. The number of hydrogen-bond acceptors (Lipinski definition) is 7. The average molecular weight is 434 g/mol. The molecule has 2 aromatic carbocycles. The number of nitro groups is 1. The van der Waals surface area contributed by atoms with Gasteiger partial charge in [-0.3, -0.25) is 10.1 Å². The Labute approximate surface area is 172 Å². The second-order valence-corrected chi connectivity index (χ2v) is 8.83. The van der Waals surface area contributed by atoms with Gasteiger partial charge in [-0.15, -0.1) is 5.10 Å². The lowest BCUT2D eigenvalue weighted by molar-refractivity contribution is -0.388. The van der Waals surface area contributed by atoms with Gasteiger partial charge in [0.15, 0.2) is 0 Å². The first-order valence-corrected chi connectivity index (χ1v) is 11.1. The average Bonchev–Trinajstić information content (AvgIpc) is 3.18. The molecule has 152 valence electrons. The molecule has 0 aliphatic rings. The highest BCUT2D eigenvalue weighted by Gasteiger charge is 2.26. The summed E-state index contributed by atoms with van der Waals surface area (Å²) in [5.74, 6) is 0. The maximum Gasteiger partial charge on any atom is 0.284 e. The zero-order valence-electron chi connectivity index (χ0n) is 15.8. The lowest BCUT2D eigenvalue weighted by Gasteiger charge is -2.18. The molecule has 3 rings (SSSR count). The number of nitro benzene ring substituents is 1. The van der Waals surface area contributed by atoms with Gasteiger partial charge in [0.25, 0.3) is 5.69 Å². The fourth-order valence-corrected chi connectivity index (χ4v) is 4.98. The standard InChI is InChI=1S/C18H19N5O4S2/c1-3-21(4-2)29(26,27)15-10-11-17(16(12-15)23(24)25)28-18-19-13-22(20-18)14-8-6-5-7-9-14/h5-13H,3-4H2,1-2H3. The van der Waals surface area contributed by atoms with Crippen molar-refractivity contribution in [3.05, 3.63) is 65.0 Å². The molecule has 0 unspecified atom stereocenters. The van der Waals surface area contributed by atoms with Gasteiger partial charge in [-0.2, -0.15) is 4.31 Å². The number of aromatic nitrogens is 3. The largest absolute Gasteiger partial charge is 0.284 e. The number of para-hydroxylation sites is 1. The molecule has 11 heteroatoms. The molecule has 1 aromatic heterocycles. The third-order valence-electron chi connectivity index (χ3n) is 4.16. The molecule has 0 amide bonds. The summed E-state index contributed by atoms with van der Waals surface area (Å²) >= 11 is 1.00. The topological polar surface area (TPSA) is 111 Å². The van der Waals surface area contributed by atoms with E-state index in [0.717, 1.165) is 23.5 Å². The molecule has 0 radical (unpaired) electrons. The number of sulfonamides is 1. The van der Waals surface area contributed by atoms with Crippen LogP contribution in [-0.2, 0) is 10.0 Å².